The van der Waals surface area contributed by atoms with Gasteiger partial charge in [-0.05, 0) is 32.3 Å². The maximum Gasteiger partial charge on any atom is 0.244 e. The van der Waals surface area contributed by atoms with Crippen molar-refractivity contribution in [1.29, 1.82) is 0 Å². The number of benzene rings is 1. The first-order valence-corrected chi connectivity index (χ1v) is 9.29. The van der Waals surface area contributed by atoms with E-state index in [0.717, 1.165) is 39.0 Å². The van der Waals surface area contributed by atoms with Crippen molar-refractivity contribution in [1.82, 2.24) is 15.5 Å². The first-order valence-electron chi connectivity index (χ1n) is 9.29. The maximum atomic E-state index is 12.2. The summed E-state index contributed by atoms with van der Waals surface area (Å²) in [7, 11) is 0. The fraction of sp³-hybridized carbons (Fsp3) is 0.600. The molecule has 1 saturated heterocycles. The van der Waals surface area contributed by atoms with Gasteiger partial charge in [0.05, 0.1) is 0 Å². The van der Waals surface area contributed by atoms with Gasteiger partial charge in [0.25, 0.3) is 0 Å². The molecule has 1 fully saturated rings. The highest BCUT2D eigenvalue weighted by molar-refractivity contribution is 14.0. The number of nitrogens with zero attached hydrogens (tertiary/aromatic N) is 2. The van der Waals surface area contributed by atoms with Crippen LogP contribution in [0.5, 0.6) is 0 Å². The molecule has 2 N–H and O–H groups in total. The normalized spacial score (nSPS) is 14.8. The Hall–Kier alpha value is -1.31. The van der Waals surface area contributed by atoms with E-state index in [0.29, 0.717) is 5.96 Å². The van der Waals surface area contributed by atoms with Crippen LogP contribution in [0.1, 0.15) is 44.7 Å². The summed E-state index contributed by atoms with van der Waals surface area (Å²) in [5.74, 6) is 0.822. The molecule has 0 spiro atoms. The lowest BCUT2D eigenvalue weighted by Crippen LogP contribution is -2.44. The van der Waals surface area contributed by atoms with Crippen LogP contribution in [0.25, 0.3) is 0 Å². The molecule has 1 heterocycles. The molecule has 1 aromatic carbocycles. The number of rotatable bonds is 6. The van der Waals surface area contributed by atoms with E-state index in [-0.39, 0.29) is 41.8 Å². The molecule has 1 aromatic rings. The Labute approximate surface area is 175 Å². The number of hydrogen-bond acceptors (Lipinski definition) is 2. The first kappa shape index (κ1) is 22.7. The van der Waals surface area contributed by atoms with E-state index in [2.05, 4.69) is 60.7 Å². The van der Waals surface area contributed by atoms with Crippen molar-refractivity contribution >= 4 is 35.8 Å². The van der Waals surface area contributed by atoms with Crippen LogP contribution in [0.2, 0.25) is 0 Å². The largest absolute Gasteiger partial charge is 0.357 e. The van der Waals surface area contributed by atoms with Gasteiger partial charge in [0.15, 0.2) is 5.96 Å². The molecule has 2 rings (SSSR count). The van der Waals surface area contributed by atoms with E-state index >= 15 is 0 Å². The zero-order chi connectivity index (χ0) is 18.3. The van der Waals surface area contributed by atoms with Gasteiger partial charge in [0.2, 0.25) is 5.91 Å². The molecule has 0 saturated carbocycles. The number of halogens is 1. The Balaban J connectivity index is 0.00000338. The third-order valence-electron chi connectivity index (χ3n) is 4.71. The van der Waals surface area contributed by atoms with Gasteiger partial charge in [-0.25, -0.2) is 4.99 Å². The number of aryl methyl sites for hydroxylation is 1. The van der Waals surface area contributed by atoms with Crippen molar-refractivity contribution in [3.63, 3.8) is 0 Å². The van der Waals surface area contributed by atoms with Crippen LogP contribution in [0.3, 0.4) is 0 Å². The molecule has 26 heavy (non-hydrogen) atoms. The van der Waals surface area contributed by atoms with Crippen molar-refractivity contribution in [3.05, 3.63) is 35.4 Å². The van der Waals surface area contributed by atoms with E-state index in [9.17, 15) is 4.79 Å². The van der Waals surface area contributed by atoms with Crippen LogP contribution < -0.4 is 10.6 Å². The van der Waals surface area contributed by atoms with Gasteiger partial charge in [-0.1, -0.05) is 43.7 Å². The lowest BCUT2D eigenvalue weighted by atomic mass is 9.84. The molecule has 1 amide bonds. The second kappa shape index (κ2) is 10.7. The fourth-order valence-electron chi connectivity index (χ4n) is 2.97. The number of nitrogens with one attached hydrogen (secondary N) is 2. The summed E-state index contributed by atoms with van der Waals surface area (Å²) >= 11 is 0. The summed E-state index contributed by atoms with van der Waals surface area (Å²) in [5, 5.41) is 6.62. The average molecular weight is 472 g/mol. The summed E-state index contributed by atoms with van der Waals surface area (Å²) in [4.78, 5) is 18.5. The molecule has 5 nitrogen and oxygen atoms in total. The van der Waals surface area contributed by atoms with Crippen LogP contribution in [-0.2, 0) is 10.2 Å². The quantitative estimate of drug-likeness (QED) is 0.380. The van der Waals surface area contributed by atoms with Crippen LogP contribution >= 0.6 is 24.0 Å². The molecule has 146 valence electrons. The second-order valence-electron chi connectivity index (χ2n) is 7.39. The van der Waals surface area contributed by atoms with Gasteiger partial charge in [0, 0.05) is 31.6 Å². The van der Waals surface area contributed by atoms with E-state index < -0.39 is 0 Å². The van der Waals surface area contributed by atoms with Crippen LogP contribution in [0, 0.1) is 6.92 Å². The molecule has 0 atom stereocenters. The van der Waals surface area contributed by atoms with Gasteiger partial charge >= 0.3 is 0 Å². The van der Waals surface area contributed by atoms with E-state index in [1.165, 1.54) is 11.1 Å². The highest BCUT2D eigenvalue weighted by atomic mass is 127. The number of aliphatic imine (C=N–C) groups is 1. The lowest BCUT2D eigenvalue weighted by molar-refractivity contribution is -0.128. The third kappa shape index (κ3) is 6.78. The molecule has 6 heteroatoms. The molecule has 1 aliphatic rings. The Bertz CT molecular complexity index is 592. The molecular weight excluding hydrogens is 439 g/mol. The number of carbonyl (C=O) groups is 1. The zero-order valence-electron chi connectivity index (χ0n) is 16.5. The molecule has 0 unspecified atom stereocenters. The van der Waals surface area contributed by atoms with Gasteiger partial charge in [-0.15, -0.1) is 24.0 Å². The van der Waals surface area contributed by atoms with E-state index in [1.807, 2.05) is 11.8 Å². The summed E-state index contributed by atoms with van der Waals surface area (Å²) in [6, 6.07) is 8.64. The predicted octanol–water partition coefficient (Wildman–Crippen LogP) is 3.07. The van der Waals surface area contributed by atoms with Gasteiger partial charge < -0.3 is 15.5 Å². The second-order valence-corrected chi connectivity index (χ2v) is 7.39. The van der Waals surface area contributed by atoms with Crippen LogP contribution in [0.15, 0.2) is 29.3 Å². The van der Waals surface area contributed by atoms with Gasteiger partial charge in [0.1, 0.15) is 6.54 Å². The summed E-state index contributed by atoms with van der Waals surface area (Å²) < 4.78 is 0. The summed E-state index contributed by atoms with van der Waals surface area (Å²) in [6.07, 6.45) is 2.22. The first-order chi connectivity index (χ1) is 11.9. The van der Waals surface area contributed by atoms with Crippen LogP contribution in [-0.4, -0.2) is 49.5 Å². The third-order valence-corrected chi connectivity index (χ3v) is 4.71. The highest BCUT2D eigenvalue weighted by Crippen LogP contribution is 2.22. The molecule has 0 aromatic heterocycles. The molecule has 0 radical (unpaired) electrons. The van der Waals surface area contributed by atoms with Crippen molar-refractivity contribution in [3.8, 4) is 0 Å². The van der Waals surface area contributed by atoms with Gasteiger partial charge in [-0.3, -0.25) is 4.79 Å². The predicted molar refractivity (Wildman–Crippen MR) is 119 cm³/mol. The summed E-state index contributed by atoms with van der Waals surface area (Å²) in [6.45, 7) is 12.0. The Morgan fingerprint density at radius 3 is 2.35 bits per heavy atom. The van der Waals surface area contributed by atoms with Crippen molar-refractivity contribution in [2.75, 3.05) is 32.7 Å². The number of guanidine groups is 1. The van der Waals surface area contributed by atoms with Crippen LogP contribution in [0.4, 0.5) is 0 Å². The van der Waals surface area contributed by atoms with E-state index in [1.54, 1.807) is 0 Å². The molecular formula is C20H33IN4O. The number of amides is 1. The van der Waals surface area contributed by atoms with E-state index in [4.69, 9.17) is 0 Å². The topological polar surface area (TPSA) is 56.7 Å². The summed E-state index contributed by atoms with van der Waals surface area (Å²) in [5.41, 5.74) is 2.53. The zero-order valence-corrected chi connectivity index (χ0v) is 18.8. The monoisotopic (exact) mass is 472 g/mol. The number of carbonyl (C=O) groups excluding carboxylic acids is 1. The standard InChI is InChI=1S/C20H32N4O.HI/c1-5-21-19(22-14-18(25)24-12-6-7-13-24)23-15-20(3,4)17-10-8-16(2)9-11-17;/h8-11H,5-7,12-15H2,1-4H3,(H2,21,22,23);1H. The van der Waals surface area contributed by atoms with Crippen molar-refractivity contribution in [2.24, 2.45) is 4.99 Å². The number of hydrogen-bond donors (Lipinski definition) is 2. The molecule has 0 bridgehead atoms. The van der Waals surface area contributed by atoms with Crippen molar-refractivity contribution in [2.45, 2.75) is 46.0 Å². The smallest absolute Gasteiger partial charge is 0.244 e. The fourth-order valence-corrected chi connectivity index (χ4v) is 2.97. The lowest BCUT2D eigenvalue weighted by Gasteiger charge is -2.27. The average Bonchev–Trinajstić information content (AvgIpc) is 3.12. The Morgan fingerprint density at radius 2 is 1.77 bits per heavy atom. The molecule has 0 aliphatic carbocycles. The van der Waals surface area contributed by atoms with Crippen molar-refractivity contribution < 1.29 is 4.79 Å². The Morgan fingerprint density at radius 1 is 1.15 bits per heavy atom. The van der Waals surface area contributed by atoms with Gasteiger partial charge in [-0.2, -0.15) is 0 Å². The minimum Gasteiger partial charge on any atom is -0.357 e. The Kier molecular flexibility index (Phi) is 9.39. The highest BCUT2D eigenvalue weighted by Gasteiger charge is 2.21. The number of likely N-dealkylation sites (tertiary alicyclic amines) is 1. The molecule has 1 aliphatic heterocycles. The minimum absolute atomic E-state index is 0. The maximum absolute atomic E-state index is 12.2. The minimum atomic E-state index is -0.0249. The SMILES string of the molecule is CCNC(=NCC(=O)N1CCCC1)NCC(C)(C)c1ccc(C)cc1.I.